The Kier molecular flexibility index (Phi) is 8.24. The van der Waals surface area contributed by atoms with Crippen LogP contribution in [-0.2, 0) is 14.3 Å². The van der Waals surface area contributed by atoms with E-state index in [4.69, 9.17) is 14.6 Å². The molecule has 6 atom stereocenters. The molecule has 2 unspecified atom stereocenters. The van der Waals surface area contributed by atoms with Gasteiger partial charge in [-0.25, -0.2) is 4.79 Å². The third-order valence-corrected chi connectivity index (χ3v) is 4.74. The van der Waals surface area contributed by atoms with Gasteiger partial charge in [0, 0.05) is 13.0 Å². The number of aliphatic carboxylic acids is 1. The fourth-order valence-electron chi connectivity index (χ4n) is 3.22. The minimum Gasteiger partial charge on any atom is -0.476 e. The van der Waals surface area contributed by atoms with E-state index in [1.54, 1.807) is 0 Å². The SMILES string of the molecule is CC(=O)N[C@H]1[C@@H](C(O)C(O)CO)O[C@](Oc2ccc(/C=C/[N+](=O)[O-])cc2)(C(=O)O)C[C@@H]1O. The Morgan fingerprint density at radius 2 is 2.00 bits per heavy atom. The van der Waals surface area contributed by atoms with Crippen LogP contribution < -0.4 is 10.1 Å². The van der Waals surface area contributed by atoms with E-state index in [0.717, 1.165) is 13.1 Å². The number of nitrogens with zero attached hydrogens (tertiary/aromatic N) is 1. The summed E-state index contributed by atoms with van der Waals surface area (Å²) in [6.45, 7) is 0.229. The number of hydrogen-bond acceptors (Lipinski definition) is 10. The second-order valence-corrected chi connectivity index (χ2v) is 7.15. The Labute approximate surface area is 181 Å². The van der Waals surface area contributed by atoms with E-state index in [-0.39, 0.29) is 5.75 Å². The molecule has 13 nitrogen and oxygen atoms in total. The maximum Gasteiger partial charge on any atom is 0.377 e. The number of ether oxygens (including phenoxy) is 2. The largest absolute Gasteiger partial charge is 0.476 e. The Morgan fingerprint density at radius 3 is 2.50 bits per heavy atom. The first-order chi connectivity index (χ1) is 15.0. The van der Waals surface area contributed by atoms with E-state index >= 15 is 0 Å². The van der Waals surface area contributed by atoms with E-state index in [2.05, 4.69) is 5.32 Å². The van der Waals surface area contributed by atoms with E-state index in [1.807, 2.05) is 0 Å². The number of carboxylic acid groups (broad SMARTS) is 1. The van der Waals surface area contributed by atoms with Crippen molar-refractivity contribution < 1.29 is 49.5 Å². The second-order valence-electron chi connectivity index (χ2n) is 7.15. The van der Waals surface area contributed by atoms with Crippen LogP contribution in [0.5, 0.6) is 5.75 Å². The van der Waals surface area contributed by atoms with Crippen LogP contribution >= 0.6 is 0 Å². The van der Waals surface area contributed by atoms with E-state index in [1.165, 1.54) is 30.3 Å². The molecule has 1 aromatic rings. The summed E-state index contributed by atoms with van der Waals surface area (Å²) in [5, 5.41) is 62.4. The number of benzene rings is 1. The zero-order valence-electron chi connectivity index (χ0n) is 16.9. The van der Waals surface area contributed by atoms with Gasteiger partial charge in [-0.3, -0.25) is 14.9 Å². The third kappa shape index (κ3) is 5.99. The molecule has 2 rings (SSSR count). The number of carboxylic acids is 1. The Morgan fingerprint density at radius 1 is 1.38 bits per heavy atom. The molecule has 13 heteroatoms. The fourth-order valence-corrected chi connectivity index (χ4v) is 3.22. The van der Waals surface area contributed by atoms with E-state index in [9.17, 15) is 40.1 Å². The van der Waals surface area contributed by atoms with Crippen LogP contribution in [0.3, 0.4) is 0 Å². The molecule has 0 radical (unpaired) electrons. The van der Waals surface area contributed by atoms with Crippen molar-refractivity contribution in [1.82, 2.24) is 5.32 Å². The number of nitro groups is 1. The normalized spacial score (nSPS) is 27.5. The van der Waals surface area contributed by atoms with Gasteiger partial charge in [-0.15, -0.1) is 0 Å². The summed E-state index contributed by atoms with van der Waals surface area (Å²) >= 11 is 0. The van der Waals surface area contributed by atoms with Crippen molar-refractivity contribution in [1.29, 1.82) is 0 Å². The molecular weight excluding hydrogens is 432 g/mol. The summed E-state index contributed by atoms with van der Waals surface area (Å²) in [5.41, 5.74) is 0.424. The highest BCUT2D eigenvalue weighted by atomic mass is 16.7. The molecule has 0 bridgehead atoms. The first kappa shape index (κ1) is 25.2. The van der Waals surface area contributed by atoms with Crippen LogP contribution in [0.25, 0.3) is 6.08 Å². The third-order valence-electron chi connectivity index (χ3n) is 4.74. The average Bonchev–Trinajstić information content (AvgIpc) is 2.73. The number of amides is 1. The van der Waals surface area contributed by atoms with Crippen molar-refractivity contribution in [2.45, 2.75) is 49.6 Å². The number of aliphatic hydroxyl groups is 4. The smallest absolute Gasteiger partial charge is 0.377 e. The predicted octanol–water partition coefficient (Wildman–Crippen LogP) is -1.54. The Hall–Kier alpha value is -3.10. The molecule has 0 aliphatic carbocycles. The lowest BCUT2D eigenvalue weighted by atomic mass is 9.88. The summed E-state index contributed by atoms with van der Waals surface area (Å²) in [7, 11) is 0. The monoisotopic (exact) mass is 456 g/mol. The zero-order valence-corrected chi connectivity index (χ0v) is 16.9. The first-order valence-electron chi connectivity index (χ1n) is 9.43. The summed E-state index contributed by atoms with van der Waals surface area (Å²) in [5.74, 6) is -4.83. The summed E-state index contributed by atoms with van der Waals surface area (Å²) in [4.78, 5) is 33.3. The topological polar surface area (TPSA) is 209 Å². The fraction of sp³-hybridized carbons (Fsp3) is 0.474. The predicted molar refractivity (Wildman–Crippen MR) is 106 cm³/mol. The van der Waals surface area contributed by atoms with Crippen LogP contribution in [0.1, 0.15) is 18.9 Å². The molecule has 0 saturated carbocycles. The van der Waals surface area contributed by atoms with Gasteiger partial charge in [-0.05, 0) is 17.7 Å². The molecule has 1 aromatic carbocycles. The maximum absolute atomic E-state index is 12.1. The van der Waals surface area contributed by atoms with Crippen LogP contribution in [0, 0.1) is 10.1 Å². The molecule has 1 aliphatic heterocycles. The molecule has 176 valence electrons. The number of carbonyl (C=O) groups excluding carboxylic acids is 1. The van der Waals surface area contributed by atoms with Crippen molar-refractivity contribution >= 4 is 18.0 Å². The lowest BCUT2D eigenvalue weighted by Crippen LogP contribution is -2.68. The first-order valence-corrected chi connectivity index (χ1v) is 9.43. The molecule has 6 N–H and O–H groups in total. The van der Waals surface area contributed by atoms with Gasteiger partial charge in [0.15, 0.2) is 0 Å². The van der Waals surface area contributed by atoms with Crippen LogP contribution in [0.4, 0.5) is 0 Å². The van der Waals surface area contributed by atoms with Crippen LogP contribution in [0.15, 0.2) is 30.5 Å². The van der Waals surface area contributed by atoms with Gasteiger partial charge < -0.3 is 40.3 Å². The lowest BCUT2D eigenvalue weighted by Gasteiger charge is -2.46. The van der Waals surface area contributed by atoms with Crippen LogP contribution in [0.2, 0.25) is 0 Å². The van der Waals surface area contributed by atoms with Gasteiger partial charge in [-0.2, -0.15) is 0 Å². The van der Waals surface area contributed by atoms with Gasteiger partial charge in [0.25, 0.3) is 0 Å². The molecule has 1 fully saturated rings. The van der Waals surface area contributed by atoms with Gasteiger partial charge in [-0.1, -0.05) is 12.1 Å². The standard InChI is InChI=1S/C19H24N2O11/c1-10(23)20-15-13(24)8-19(18(27)28,32-17(15)16(26)14(25)9-22)31-12-4-2-11(3-5-12)6-7-21(29)30/h2-7,13-17,22,24-26H,8-9H2,1H3,(H,20,23)(H,27,28)/b7-6+/t13-,14?,15+,16?,17-,19-/m0/s1. The Balaban J connectivity index is 2.36. The Bertz CT molecular complexity index is 859. The summed E-state index contributed by atoms with van der Waals surface area (Å²) in [6.07, 6.45) is -5.62. The molecule has 32 heavy (non-hydrogen) atoms. The number of aliphatic hydroxyl groups excluding tert-OH is 4. The molecule has 0 aromatic heterocycles. The highest BCUT2D eigenvalue weighted by molar-refractivity contribution is 5.77. The van der Waals surface area contributed by atoms with Gasteiger partial charge in [0.05, 0.1) is 30.1 Å². The number of hydrogen-bond donors (Lipinski definition) is 6. The van der Waals surface area contributed by atoms with Crippen LogP contribution in [-0.4, -0.2) is 85.2 Å². The highest BCUT2D eigenvalue weighted by Crippen LogP contribution is 2.34. The van der Waals surface area contributed by atoms with Crippen molar-refractivity contribution in [2.24, 2.45) is 0 Å². The number of rotatable bonds is 9. The van der Waals surface area contributed by atoms with Crippen molar-refractivity contribution in [3.63, 3.8) is 0 Å². The molecule has 1 amide bonds. The highest BCUT2D eigenvalue weighted by Gasteiger charge is 2.56. The maximum atomic E-state index is 12.1. The van der Waals surface area contributed by atoms with Gasteiger partial charge >= 0.3 is 11.8 Å². The molecule has 1 heterocycles. The van der Waals surface area contributed by atoms with Crippen molar-refractivity contribution in [2.75, 3.05) is 6.61 Å². The minimum atomic E-state index is -2.52. The molecular formula is C19H24N2O11. The van der Waals surface area contributed by atoms with Crippen molar-refractivity contribution in [3.8, 4) is 5.75 Å². The van der Waals surface area contributed by atoms with Gasteiger partial charge in [0.1, 0.15) is 24.1 Å². The zero-order chi connectivity index (χ0) is 24.1. The van der Waals surface area contributed by atoms with E-state index < -0.39 is 66.1 Å². The summed E-state index contributed by atoms with van der Waals surface area (Å²) < 4.78 is 11.0. The quantitative estimate of drug-likeness (QED) is 0.185. The number of carbonyl (C=O) groups is 2. The lowest BCUT2D eigenvalue weighted by molar-refractivity contribution is -0.400. The molecule has 0 spiro atoms. The summed E-state index contributed by atoms with van der Waals surface area (Å²) in [6, 6.07) is 4.13. The second kappa shape index (κ2) is 10.5. The van der Waals surface area contributed by atoms with E-state index in [0.29, 0.717) is 5.56 Å². The molecule has 1 saturated heterocycles. The van der Waals surface area contributed by atoms with Gasteiger partial charge in [0.2, 0.25) is 12.1 Å². The van der Waals surface area contributed by atoms with Crippen molar-refractivity contribution in [3.05, 3.63) is 46.1 Å². The minimum absolute atomic E-state index is 0.0354. The molecule has 1 aliphatic rings. The number of nitrogens with one attached hydrogen (secondary N) is 1. The average molecular weight is 456 g/mol.